The molecular weight excluding hydrogens is 380 g/mol. The van der Waals surface area contributed by atoms with E-state index in [-0.39, 0.29) is 24.7 Å². The maximum absolute atomic E-state index is 12.9. The van der Waals surface area contributed by atoms with E-state index in [0.29, 0.717) is 6.61 Å². The molecule has 0 bridgehead atoms. The summed E-state index contributed by atoms with van der Waals surface area (Å²) in [5.41, 5.74) is 3.56. The lowest BCUT2D eigenvalue weighted by Gasteiger charge is -2.29. The predicted octanol–water partition coefficient (Wildman–Crippen LogP) is 2.17. The smallest absolute Gasteiger partial charge is 0.260 e. The summed E-state index contributed by atoms with van der Waals surface area (Å²) in [4.78, 5) is 17.1. The van der Waals surface area contributed by atoms with E-state index in [1.54, 1.807) is 0 Å². The van der Waals surface area contributed by atoms with E-state index in [1.165, 1.54) is 11.3 Å². The number of benzene rings is 1. The first kappa shape index (κ1) is 20.9. The summed E-state index contributed by atoms with van der Waals surface area (Å²) in [6.07, 6.45) is 4.92. The number of amides is 1. The SMILES string of the molecule is Cc1c(CN2C[C@@H]3OCCCCc4ccccc4OCC(=O)N(C)[C@H]3C2)cnn1C. The molecule has 0 unspecified atom stereocenters. The molecule has 4 rings (SSSR count). The number of ether oxygens (including phenoxy) is 2. The number of aromatic nitrogens is 2. The highest BCUT2D eigenvalue weighted by Crippen LogP contribution is 2.24. The van der Waals surface area contributed by atoms with Gasteiger partial charge in [-0.3, -0.25) is 14.4 Å². The summed E-state index contributed by atoms with van der Waals surface area (Å²) in [5, 5.41) is 4.36. The molecule has 7 nitrogen and oxygen atoms in total. The van der Waals surface area contributed by atoms with Gasteiger partial charge in [-0.1, -0.05) is 18.2 Å². The zero-order chi connectivity index (χ0) is 21.1. The molecule has 0 spiro atoms. The second kappa shape index (κ2) is 9.18. The zero-order valence-corrected chi connectivity index (χ0v) is 18.2. The lowest BCUT2D eigenvalue weighted by molar-refractivity contribution is -0.136. The van der Waals surface area contributed by atoms with Gasteiger partial charge in [0.2, 0.25) is 0 Å². The van der Waals surface area contributed by atoms with E-state index in [2.05, 4.69) is 23.0 Å². The lowest BCUT2D eigenvalue weighted by atomic mass is 10.1. The van der Waals surface area contributed by atoms with E-state index in [4.69, 9.17) is 9.47 Å². The van der Waals surface area contributed by atoms with Gasteiger partial charge in [-0.2, -0.15) is 5.10 Å². The van der Waals surface area contributed by atoms with Gasteiger partial charge >= 0.3 is 0 Å². The number of carbonyl (C=O) groups is 1. The van der Waals surface area contributed by atoms with E-state index in [0.717, 1.165) is 50.2 Å². The third-order valence-electron chi connectivity index (χ3n) is 6.43. The van der Waals surface area contributed by atoms with Gasteiger partial charge in [0.05, 0.1) is 18.3 Å². The van der Waals surface area contributed by atoms with Gasteiger partial charge in [0, 0.05) is 51.6 Å². The first-order valence-electron chi connectivity index (χ1n) is 10.8. The molecule has 7 heteroatoms. The summed E-state index contributed by atoms with van der Waals surface area (Å²) in [6, 6.07) is 8.04. The molecule has 0 saturated carbocycles. The van der Waals surface area contributed by atoms with Crippen molar-refractivity contribution in [1.82, 2.24) is 19.6 Å². The third kappa shape index (κ3) is 4.52. The summed E-state index contributed by atoms with van der Waals surface area (Å²) in [5.74, 6) is 0.804. The molecule has 1 aromatic carbocycles. The fraction of sp³-hybridized carbons (Fsp3) is 0.565. The van der Waals surface area contributed by atoms with Crippen molar-refractivity contribution in [2.24, 2.45) is 7.05 Å². The van der Waals surface area contributed by atoms with Crippen LogP contribution in [0.2, 0.25) is 0 Å². The number of nitrogens with zero attached hydrogens (tertiary/aromatic N) is 4. The Bertz CT molecular complexity index is 881. The minimum atomic E-state index is -0.0120. The Hall–Kier alpha value is -2.38. The van der Waals surface area contributed by atoms with Gasteiger partial charge < -0.3 is 14.4 Å². The average Bonchev–Trinajstić information content (AvgIpc) is 3.29. The van der Waals surface area contributed by atoms with Crippen molar-refractivity contribution in [1.29, 1.82) is 0 Å². The van der Waals surface area contributed by atoms with Crippen LogP contribution in [0.15, 0.2) is 30.5 Å². The Labute approximate surface area is 178 Å². The molecule has 1 amide bonds. The zero-order valence-electron chi connectivity index (χ0n) is 18.2. The van der Waals surface area contributed by atoms with E-state index < -0.39 is 0 Å². The summed E-state index contributed by atoms with van der Waals surface area (Å²) in [6.45, 7) is 5.29. The second-order valence-electron chi connectivity index (χ2n) is 8.41. The highest BCUT2D eigenvalue weighted by atomic mass is 16.5. The number of rotatable bonds is 2. The number of hydrogen-bond acceptors (Lipinski definition) is 5. The Kier molecular flexibility index (Phi) is 6.39. The Morgan fingerprint density at radius 2 is 2.00 bits per heavy atom. The molecule has 1 saturated heterocycles. The molecule has 1 fully saturated rings. The van der Waals surface area contributed by atoms with E-state index in [1.807, 2.05) is 48.1 Å². The highest BCUT2D eigenvalue weighted by molar-refractivity contribution is 5.78. The monoisotopic (exact) mass is 412 g/mol. The molecule has 0 N–H and O–H groups in total. The number of carbonyl (C=O) groups excluding carboxylic acids is 1. The molecule has 2 aliphatic rings. The van der Waals surface area contributed by atoms with Gasteiger partial charge in [-0.25, -0.2) is 0 Å². The van der Waals surface area contributed by atoms with Crippen LogP contribution in [-0.2, 0) is 29.5 Å². The molecule has 162 valence electrons. The van der Waals surface area contributed by atoms with E-state index >= 15 is 0 Å². The van der Waals surface area contributed by atoms with Gasteiger partial charge in [-0.15, -0.1) is 0 Å². The summed E-state index contributed by atoms with van der Waals surface area (Å²) < 4.78 is 14.1. The van der Waals surface area contributed by atoms with Crippen LogP contribution >= 0.6 is 0 Å². The maximum atomic E-state index is 12.9. The van der Waals surface area contributed by atoms with Crippen molar-refractivity contribution in [3.63, 3.8) is 0 Å². The van der Waals surface area contributed by atoms with Crippen molar-refractivity contribution in [3.8, 4) is 5.75 Å². The van der Waals surface area contributed by atoms with Crippen molar-refractivity contribution >= 4 is 5.91 Å². The van der Waals surface area contributed by atoms with Crippen molar-refractivity contribution < 1.29 is 14.3 Å². The Morgan fingerprint density at radius 3 is 2.80 bits per heavy atom. The minimum Gasteiger partial charge on any atom is -0.483 e. The molecular formula is C23H32N4O3. The lowest BCUT2D eigenvalue weighted by Crippen LogP contribution is -2.47. The first-order chi connectivity index (χ1) is 14.5. The molecule has 2 aromatic rings. The Balaban J connectivity index is 1.47. The maximum Gasteiger partial charge on any atom is 0.260 e. The number of aryl methyl sites for hydroxylation is 2. The number of hydrogen-bond donors (Lipinski definition) is 0. The van der Waals surface area contributed by atoms with Gasteiger partial charge in [0.15, 0.2) is 6.61 Å². The fourth-order valence-corrected chi connectivity index (χ4v) is 4.37. The number of likely N-dealkylation sites (tertiary alicyclic amines) is 1. The second-order valence-corrected chi connectivity index (χ2v) is 8.41. The van der Waals surface area contributed by atoms with Crippen molar-refractivity contribution in [2.45, 2.75) is 44.9 Å². The molecule has 0 aliphatic carbocycles. The van der Waals surface area contributed by atoms with Gasteiger partial charge in [0.1, 0.15) is 5.75 Å². The third-order valence-corrected chi connectivity index (χ3v) is 6.43. The van der Waals surface area contributed by atoms with Crippen molar-refractivity contribution in [3.05, 3.63) is 47.3 Å². The average molecular weight is 413 g/mol. The normalized spacial score (nSPS) is 23.7. The highest BCUT2D eigenvalue weighted by Gasteiger charge is 2.38. The fourth-order valence-electron chi connectivity index (χ4n) is 4.37. The van der Waals surface area contributed by atoms with Crippen LogP contribution in [0, 0.1) is 6.92 Å². The molecule has 2 aliphatic heterocycles. The van der Waals surface area contributed by atoms with Gasteiger partial charge in [-0.05, 0) is 37.8 Å². The predicted molar refractivity (Wildman–Crippen MR) is 114 cm³/mol. The first-order valence-corrected chi connectivity index (χ1v) is 10.8. The van der Waals surface area contributed by atoms with Crippen LogP contribution in [0.4, 0.5) is 0 Å². The van der Waals surface area contributed by atoms with Crippen LogP contribution in [0.1, 0.15) is 29.7 Å². The quantitative estimate of drug-likeness (QED) is 0.757. The van der Waals surface area contributed by atoms with Crippen LogP contribution in [0.3, 0.4) is 0 Å². The van der Waals surface area contributed by atoms with Crippen LogP contribution in [0.5, 0.6) is 5.75 Å². The number of para-hydroxylation sites is 1. The summed E-state index contributed by atoms with van der Waals surface area (Å²) >= 11 is 0. The molecule has 1 aromatic heterocycles. The van der Waals surface area contributed by atoms with Crippen molar-refractivity contribution in [2.75, 3.05) is 33.4 Å². The van der Waals surface area contributed by atoms with Crippen LogP contribution < -0.4 is 4.74 Å². The standard InChI is InChI=1S/C23H32N4O3/c1-17-19(12-24-26(17)3)13-27-14-20-22(15-27)29-11-7-6-9-18-8-4-5-10-21(18)30-16-23(28)25(20)2/h4-5,8,10,12,20,22H,6-7,9,11,13-16H2,1-3H3/t20-,22-/m0/s1. The van der Waals surface area contributed by atoms with Gasteiger partial charge in [0.25, 0.3) is 5.91 Å². The summed E-state index contributed by atoms with van der Waals surface area (Å²) in [7, 11) is 3.84. The van der Waals surface area contributed by atoms with Crippen LogP contribution in [0.25, 0.3) is 0 Å². The molecule has 0 radical (unpaired) electrons. The largest absolute Gasteiger partial charge is 0.483 e. The number of fused-ring (bicyclic) bond motifs is 2. The van der Waals surface area contributed by atoms with Crippen LogP contribution in [-0.4, -0.2) is 71.0 Å². The number of likely N-dealkylation sites (N-methyl/N-ethyl adjacent to an activating group) is 1. The Morgan fingerprint density at radius 1 is 1.17 bits per heavy atom. The molecule has 2 atom stereocenters. The molecule has 30 heavy (non-hydrogen) atoms. The topological polar surface area (TPSA) is 59.8 Å². The molecule has 3 heterocycles. The van der Waals surface area contributed by atoms with E-state index in [9.17, 15) is 4.79 Å². The minimum absolute atomic E-state index is 0.0120.